The Kier molecular flexibility index (Phi) is 9.66. The number of methoxy groups -OCH3 is 1. The van der Waals surface area contributed by atoms with E-state index in [1.807, 2.05) is 45.0 Å². The van der Waals surface area contributed by atoms with Gasteiger partial charge in [0.1, 0.15) is 11.8 Å². The van der Waals surface area contributed by atoms with E-state index in [4.69, 9.17) is 27.9 Å². The van der Waals surface area contributed by atoms with E-state index in [2.05, 4.69) is 5.32 Å². The molecule has 0 bridgehead atoms. The minimum atomic E-state index is -0.607. The summed E-state index contributed by atoms with van der Waals surface area (Å²) in [4.78, 5) is 28.0. The Hall–Kier alpha value is -2.24. The van der Waals surface area contributed by atoms with Crippen LogP contribution in [0, 0.1) is 0 Å². The van der Waals surface area contributed by atoms with Crippen molar-refractivity contribution >= 4 is 35.0 Å². The zero-order valence-corrected chi connectivity index (χ0v) is 20.0. The van der Waals surface area contributed by atoms with Crippen molar-refractivity contribution in [2.45, 2.75) is 58.7 Å². The molecule has 0 heterocycles. The number of nitrogens with zero attached hydrogens (tertiary/aromatic N) is 1. The van der Waals surface area contributed by atoms with Crippen LogP contribution in [0.25, 0.3) is 0 Å². The van der Waals surface area contributed by atoms with E-state index in [1.54, 1.807) is 30.2 Å². The standard InChI is InChI=1S/C24H30Cl2N2O3/c1-5-16(3)27-24(30)22(6-2)28(15-17-10-12-18(31-4)13-11-17)23(29)14-19-20(25)8-7-9-21(19)26/h7-13,16,22H,5-6,14-15H2,1-4H3,(H,27,30)/t16-,22+/m0/s1. The molecule has 0 aliphatic rings. The summed E-state index contributed by atoms with van der Waals surface area (Å²) in [5.74, 6) is 0.354. The molecule has 0 radical (unpaired) electrons. The van der Waals surface area contributed by atoms with Crippen LogP contribution in [0.4, 0.5) is 0 Å². The van der Waals surface area contributed by atoms with Gasteiger partial charge in [-0.2, -0.15) is 0 Å². The van der Waals surface area contributed by atoms with Gasteiger partial charge in [0.2, 0.25) is 11.8 Å². The summed E-state index contributed by atoms with van der Waals surface area (Å²) in [7, 11) is 1.60. The van der Waals surface area contributed by atoms with Gasteiger partial charge in [0, 0.05) is 22.6 Å². The van der Waals surface area contributed by atoms with Crippen LogP contribution in [0.3, 0.4) is 0 Å². The van der Waals surface area contributed by atoms with Gasteiger partial charge in [-0.05, 0) is 55.2 Å². The van der Waals surface area contributed by atoms with Crippen molar-refractivity contribution < 1.29 is 14.3 Å². The van der Waals surface area contributed by atoms with Crippen molar-refractivity contribution in [3.63, 3.8) is 0 Å². The van der Waals surface area contributed by atoms with Crippen LogP contribution in [-0.2, 0) is 22.6 Å². The van der Waals surface area contributed by atoms with Gasteiger partial charge in [0.15, 0.2) is 0 Å². The first-order valence-corrected chi connectivity index (χ1v) is 11.2. The number of carbonyl (C=O) groups is 2. The van der Waals surface area contributed by atoms with Crippen LogP contribution < -0.4 is 10.1 Å². The second kappa shape index (κ2) is 12.0. The smallest absolute Gasteiger partial charge is 0.243 e. The number of nitrogens with one attached hydrogen (secondary N) is 1. The van der Waals surface area contributed by atoms with Gasteiger partial charge >= 0.3 is 0 Å². The fraction of sp³-hybridized carbons (Fsp3) is 0.417. The SMILES string of the molecule is CC[C@H](C(=O)N[C@@H](C)CC)N(Cc1ccc(OC)cc1)C(=O)Cc1c(Cl)cccc1Cl. The van der Waals surface area contributed by atoms with Gasteiger partial charge in [0.05, 0.1) is 13.5 Å². The monoisotopic (exact) mass is 464 g/mol. The first kappa shape index (κ1) is 25.0. The summed E-state index contributed by atoms with van der Waals surface area (Å²) in [6, 6.07) is 12.0. The van der Waals surface area contributed by atoms with E-state index in [0.29, 0.717) is 22.0 Å². The summed E-state index contributed by atoms with van der Waals surface area (Å²) < 4.78 is 5.22. The minimum absolute atomic E-state index is 0.0156. The lowest BCUT2D eigenvalue weighted by molar-refractivity contribution is -0.141. The molecule has 31 heavy (non-hydrogen) atoms. The van der Waals surface area contributed by atoms with Crippen LogP contribution in [0.15, 0.2) is 42.5 Å². The molecular weight excluding hydrogens is 435 g/mol. The number of ether oxygens (including phenoxy) is 1. The van der Waals surface area contributed by atoms with Gasteiger partial charge in [-0.15, -0.1) is 0 Å². The van der Waals surface area contributed by atoms with Gasteiger partial charge in [-0.1, -0.05) is 55.2 Å². The normalized spacial score (nSPS) is 12.7. The van der Waals surface area contributed by atoms with Gasteiger partial charge in [-0.3, -0.25) is 9.59 Å². The molecule has 2 aromatic rings. The molecule has 0 saturated heterocycles. The molecule has 2 atom stereocenters. The highest BCUT2D eigenvalue weighted by Crippen LogP contribution is 2.26. The predicted octanol–water partition coefficient (Wildman–Crippen LogP) is 5.27. The highest BCUT2D eigenvalue weighted by Gasteiger charge is 2.30. The zero-order chi connectivity index (χ0) is 23.0. The van der Waals surface area contributed by atoms with E-state index in [0.717, 1.165) is 17.7 Å². The Balaban J connectivity index is 2.34. The third kappa shape index (κ3) is 6.88. The quantitative estimate of drug-likeness (QED) is 0.520. The number of amides is 2. The van der Waals surface area contributed by atoms with E-state index in [1.165, 1.54) is 0 Å². The lowest BCUT2D eigenvalue weighted by atomic mass is 10.1. The van der Waals surface area contributed by atoms with E-state index in [-0.39, 0.29) is 30.8 Å². The second-order valence-corrected chi connectivity index (χ2v) is 8.30. The average molecular weight is 465 g/mol. The van der Waals surface area contributed by atoms with Crippen molar-refractivity contribution in [3.8, 4) is 5.75 Å². The number of benzene rings is 2. The Labute approximate surface area is 194 Å². The zero-order valence-electron chi connectivity index (χ0n) is 18.5. The average Bonchev–Trinajstić information content (AvgIpc) is 2.76. The first-order chi connectivity index (χ1) is 14.8. The summed E-state index contributed by atoms with van der Waals surface area (Å²) in [5, 5.41) is 3.87. The fourth-order valence-electron chi connectivity index (χ4n) is 3.24. The van der Waals surface area contributed by atoms with Gasteiger partial charge in [-0.25, -0.2) is 0 Å². The number of hydrogen-bond donors (Lipinski definition) is 1. The van der Waals surface area contributed by atoms with Crippen LogP contribution in [0.2, 0.25) is 10.0 Å². The maximum absolute atomic E-state index is 13.4. The van der Waals surface area contributed by atoms with E-state index >= 15 is 0 Å². The summed E-state index contributed by atoms with van der Waals surface area (Å²) >= 11 is 12.6. The highest BCUT2D eigenvalue weighted by molar-refractivity contribution is 6.36. The molecule has 7 heteroatoms. The Morgan fingerprint density at radius 1 is 1.03 bits per heavy atom. The fourth-order valence-corrected chi connectivity index (χ4v) is 3.77. The van der Waals surface area contributed by atoms with Crippen LogP contribution >= 0.6 is 23.2 Å². The molecule has 1 N–H and O–H groups in total. The molecular formula is C24H30Cl2N2O3. The third-order valence-corrected chi connectivity index (χ3v) is 6.00. The molecule has 0 aromatic heterocycles. The molecule has 2 aromatic carbocycles. The first-order valence-electron chi connectivity index (χ1n) is 10.5. The molecule has 168 valence electrons. The molecule has 0 fully saturated rings. The molecule has 2 amide bonds. The van der Waals surface area contributed by atoms with Crippen molar-refractivity contribution in [1.29, 1.82) is 0 Å². The Morgan fingerprint density at radius 3 is 2.16 bits per heavy atom. The summed E-state index contributed by atoms with van der Waals surface area (Å²) in [6.07, 6.45) is 1.31. The molecule has 0 saturated carbocycles. The number of rotatable bonds is 10. The lowest BCUT2D eigenvalue weighted by Gasteiger charge is -2.31. The van der Waals surface area contributed by atoms with Crippen molar-refractivity contribution in [2.75, 3.05) is 7.11 Å². The van der Waals surface area contributed by atoms with E-state index < -0.39 is 6.04 Å². The van der Waals surface area contributed by atoms with Gasteiger partial charge < -0.3 is 15.0 Å². The summed E-state index contributed by atoms with van der Waals surface area (Å²) in [6.45, 7) is 6.14. The predicted molar refractivity (Wildman–Crippen MR) is 126 cm³/mol. The molecule has 0 aliphatic heterocycles. The minimum Gasteiger partial charge on any atom is -0.497 e. The maximum Gasteiger partial charge on any atom is 0.243 e. The van der Waals surface area contributed by atoms with Crippen LogP contribution in [0.1, 0.15) is 44.7 Å². The van der Waals surface area contributed by atoms with E-state index in [9.17, 15) is 9.59 Å². The molecule has 2 rings (SSSR count). The molecule has 0 spiro atoms. The molecule has 0 aliphatic carbocycles. The highest BCUT2D eigenvalue weighted by atomic mass is 35.5. The van der Waals surface area contributed by atoms with Crippen molar-refractivity contribution in [2.24, 2.45) is 0 Å². The van der Waals surface area contributed by atoms with Gasteiger partial charge in [0.25, 0.3) is 0 Å². The maximum atomic E-state index is 13.4. The lowest BCUT2D eigenvalue weighted by Crippen LogP contribution is -2.51. The Bertz CT molecular complexity index is 867. The number of hydrogen-bond acceptors (Lipinski definition) is 3. The van der Waals surface area contributed by atoms with Crippen LogP contribution in [-0.4, -0.2) is 35.9 Å². The van der Waals surface area contributed by atoms with Crippen molar-refractivity contribution in [1.82, 2.24) is 10.2 Å². The Morgan fingerprint density at radius 2 is 1.65 bits per heavy atom. The van der Waals surface area contributed by atoms with Crippen molar-refractivity contribution in [3.05, 3.63) is 63.6 Å². The largest absolute Gasteiger partial charge is 0.497 e. The number of carbonyl (C=O) groups excluding carboxylic acids is 2. The number of halogens is 2. The van der Waals surface area contributed by atoms with Crippen LogP contribution in [0.5, 0.6) is 5.75 Å². The second-order valence-electron chi connectivity index (χ2n) is 7.49. The molecule has 5 nitrogen and oxygen atoms in total. The summed E-state index contributed by atoms with van der Waals surface area (Å²) in [5.41, 5.74) is 1.46. The third-order valence-electron chi connectivity index (χ3n) is 5.29. The molecule has 0 unspecified atom stereocenters. The topological polar surface area (TPSA) is 58.6 Å².